The average molecular weight is 278 g/mol. The molecule has 1 aromatic carbocycles. The Morgan fingerprint density at radius 1 is 1.00 bits per heavy atom. The summed E-state index contributed by atoms with van der Waals surface area (Å²) in [6.45, 7) is 2.27. The second kappa shape index (κ2) is 5.68. The molecule has 2 rings (SSSR count). The molecule has 5 nitrogen and oxygen atoms in total. The summed E-state index contributed by atoms with van der Waals surface area (Å²) in [4.78, 5) is 2.15. The molecule has 1 fully saturated rings. The van der Waals surface area contributed by atoms with Crippen LogP contribution in [-0.4, -0.2) is 38.9 Å². The SMILES string of the molecule is Cl.NS(=O)(=O)N1CCN(c2ccccc2)CC1. The number of para-hydroxylation sites is 1. The molecule has 7 heteroatoms. The first kappa shape index (κ1) is 14.2. The third-order valence-corrected chi connectivity index (χ3v) is 3.80. The molecule has 0 bridgehead atoms. The highest BCUT2D eigenvalue weighted by Crippen LogP contribution is 2.15. The Labute approximate surface area is 108 Å². The van der Waals surface area contributed by atoms with Gasteiger partial charge < -0.3 is 4.90 Å². The summed E-state index contributed by atoms with van der Waals surface area (Å²) in [7, 11) is -3.52. The van der Waals surface area contributed by atoms with Crippen molar-refractivity contribution in [1.82, 2.24) is 4.31 Å². The zero-order valence-corrected chi connectivity index (χ0v) is 11.0. The fourth-order valence-corrected chi connectivity index (χ4v) is 2.51. The first-order valence-corrected chi connectivity index (χ1v) is 6.65. The van der Waals surface area contributed by atoms with E-state index in [1.807, 2.05) is 30.3 Å². The molecule has 2 N–H and O–H groups in total. The van der Waals surface area contributed by atoms with E-state index in [0.29, 0.717) is 26.2 Å². The van der Waals surface area contributed by atoms with Crippen molar-refractivity contribution >= 4 is 28.3 Å². The number of hydrogen-bond donors (Lipinski definition) is 1. The van der Waals surface area contributed by atoms with Gasteiger partial charge in [0.2, 0.25) is 0 Å². The fourth-order valence-electron chi connectivity index (χ4n) is 1.84. The Hall–Kier alpha value is -0.820. The van der Waals surface area contributed by atoms with Crippen LogP contribution in [-0.2, 0) is 10.2 Å². The van der Waals surface area contributed by atoms with Crippen molar-refractivity contribution in [2.75, 3.05) is 31.1 Å². The number of anilines is 1. The van der Waals surface area contributed by atoms with Crippen molar-refractivity contribution in [2.24, 2.45) is 5.14 Å². The molecular weight excluding hydrogens is 262 g/mol. The second-order valence-corrected chi connectivity index (χ2v) is 5.31. The van der Waals surface area contributed by atoms with Gasteiger partial charge in [-0.25, -0.2) is 5.14 Å². The molecule has 96 valence electrons. The van der Waals surface area contributed by atoms with Crippen molar-refractivity contribution in [2.45, 2.75) is 0 Å². The predicted octanol–water partition coefficient (Wildman–Crippen LogP) is 0.434. The minimum absolute atomic E-state index is 0. The Morgan fingerprint density at radius 2 is 1.53 bits per heavy atom. The number of nitrogens with two attached hydrogens (primary N) is 1. The van der Waals surface area contributed by atoms with Crippen molar-refractivity contribution in [1.29, 1.82) is 0 Å². The molecule has 1 aromatic rings. The minimum Gasteiger partial charge on any atom is -0.369 e. The molecule has 17 heavy (non-hydrogen) atoms. The van der Waals surface area contributed by atoms with E-state index in [-0.39, 0.29) is 12.4 Å². The number of halogens is 1. The van der Waals surface area contributed by atoms with Gasteiger partial charge in [0.25, 0.3) is 10.2 Å². The van der Waals surface area contributed by atoms with Gasteiger partial charge in [-0.2, -0.15) is 12.7 Å². The van der Waals surface area contributed by atoms with Crippen LogP contribution in [0.1, 0.15) is 0 Å². The van der Waals surface area contributed by atoms with Crippen LogP contribution in [0.4, 0.5) is 5.69 Å². The van der Waals surface area contributed by atoms with E-state index < -0.39 is 10.2 Å². The first-order valence-electron chi connectivity index (χ1n) is 5.15. The maximum absolute atomic E-state index is 11.1. The summed E-state index contributed by atoms with van der Waals surface area (Å²) >= 11 is 0. The molecule has 0 unspecified atom stereocenters. The van der Waals surface area contributed by atoms with E-state index in [1.165, 1.54) is 4.31 Å². The van der Waals surface area contributed by atoms with Gasteiger partial charge in [-0.15, -0.1) is 12.4 Å². The first-order chi connectivity index (χ1) is 7.57. The van der Waals surface area contributed by atoms with Crippen molar-refractivity contribution < 1.29 is 8.42 Å². The van der Waals surface area contributed by atoms with Crippen molar-refractivity contribution in [3.05, 3.63) is 30.3 Å². The van der Waals surface area contributed by atoms with Gasteiger partial charge in [-0.1, -0.05) is 18.2 Å². The normalized spacial score (nSPS) is 17.6. The molecule has 1 saturated heterocycles. The van der Waals surface area contributed by atoms with E-state index in [2.05, 4.69) is 4.90 Å². The van der Waals surface area contributed by atoms with Crippen LogP contribution in [0.15, 0.2) is 30.3 Å². The number of benzene rings is 1. The zero-order chi connectivity index (χ0) is 11.6. The minimum atomic E-state index is -3.52. The van der Waals surface area contributed by atoms with E-state index in [0.717, 1.165) is 5.69 Å². The fraction of sp³-hybridized carbons (Fsp3) is 0.400. The summed E-state index contributed by atoms with van der Waals surface area (Å²) < 4.78 is 23.5. The molecule has 1 aliphatic rings. The molecule has 1 heterocycles. The number of nitrogens with zero attached hydrogens (tertiary/aromatic N) is 2. The summed E-state index contributed by atoms with van der Waals surface area (Å²) in [5.74, 6) is 0. The summed E-state index contributed by atoms with van der Waals surface area (Å²) in [6.07, 6.45) is 0. The maximum Gasteiger partial charge on any atom is 0.277 e. The average Bonchev–Trinajstić information content (AvgIpc) is 2.29. The van der Waals surface area contributed by atoms with Gasteiger partial charge >= 0.3 is 0 Å². The van der Waals surface area contributed by atoms with E-state index >= 15 is 0 Å². The third kappa shape index (κ3) is 3.57. The molecule has 0 radical (unpaired) electrons. The highest BCUT2D eigenvalue weighted by Gasteiger charge is 2.23. The zero-order valence-electron chi connectivity index (χ0n) is 9.32. The molecule has 0 saturated carbocycles. The van der Waals surface area contributed by atoms with E-state index in [1.54, 1.807) is 0 Å². The second-order valence-electron chi connectivity index (χ2n) is 3.77. The lowest BCUT2D eigenvalue weighted by Crippen LogP contribution is -2.50. The highest BCUT2D eigenvalue weighted by molar-refractivity contribution is 7.86. The van der Waals surface area contributed by atoms with Crippen molar-refractivity contribution in [3.63, 3.8) is 0 Å². The Bertz CT molecular complexity index is 444. The van der Waals surface area contributed by atoms with E-state index in [4.69, 9.17) is 5.14 Å². The molecule has 0 amide bonds. The van der Waals surface area contributed by atoms with Crippen LogP contribution in [0.25, 0.3) is 0 Å². The van der Waals surface area contributed by atoms with Crippen LogP contribution >= 0.6 is 12.4 Å². The van der Waals surface area contributed by atoms with Gasteiger partial charge in [0.05, 0.1) is 0 Å². The number of piperazine rings is 1. The molecule has 0 spiro atoms. The predicted molar refractivity (Wildman–Crippen MR) is 70.6 cm³/mol. The maximum atomic E-state index is 11.1. The number of rotatable bonds is 2. The standard InChI is InChI=1S/C10H15N3O2S.ClH/c11-16(14,15)13-8-6-12(7-9-13)10-4-2-1-3-5-10;/h1-5H,6-9H2,(H2,11,14,15);1H. The lowest BCUT2D eigenvalue weighted by Gasteiger charge is -2.34. The van der Waals surface area contributed by atoms with Gasteiger partial charge in [-0.3, -0.25) is 0 Å². The summed E-state index contributed by atoms with van der Waals surface area (Å²) in [5.41, 5.74) is 1.12. The van der Waals surface area contributed by atoms with Crippen LogP contribution in [0.3, 0.4) is 0 Å². The highest BCUT2D eigenvalue weighted by atomic mass is 35.5. The van der Waals surface area contributed by atoms with Gasteiger partial charge in [0, 0.05) is 31.9 Å². The van der Waals surface area contributed by atoms with Gasteiger partial charge in [0.1, 0.15) is 0 Å². The van der Waals surface area contributed by atoms with Crippen molar-refractivity contribution in [3.8, 4) is 0 Å². The Kier molecular flexibility index (Phi) is 4.76. The lowest BCUT2D eigenvalue weighted by atomic mass is 10.2. The molecule has 1 aliphatic heterocycles. The summed E-state index contributed by atoms with van der Waals surface area (Å²) in [5, 5.41) is 5.07. The topological polar surface area (TPSA) is 66.6 Å². The molecule has 0 atom stereocenters. The smallest absolute Gasteiger partial charge is 0.277 e. The third-order valence-electron chi connectivity index (χ3n) is 2.72. The number of hydrogen-bond acceptors (Lipinski definition) is 3. The monoisotopic (exact) mass is 277 g/mol. The molecular formula is C10H16ClN3O2S. The van der Waals surface area contributed by atoms with Gasteiger partial charge in [0.15, 0.2) is 0 Å². The van der Waals surface area contributed by atoms with Crippen LogP contribution in [0, 0.1) is 0 Å². The molecule has 0 aromatic heterocycles. The van der Waals surface area contributed by atoms with Crippen LogP contribution in [0.5, 0.6) is 0 Å². The van der Waals surface area contributed by atoms with Gasteiger partial charge in [-0.05, 0) is 12.1 Å². The molecule has 0 aliphatic carbocycles. The van der Waals surface area contributed by atoms with Crippen LogP contribution < -0.4 is 10.0 Å². The van der Waals surface area contributed by atoms with E-state index in [9.17, 15) is 8.42 Å². The Balaban J connectivity index is 0.00000144. The Morgan fingerprint density at radius 3 is 2.00 bits per heavy atom. The lowest BCUT2D eigenvalue weighted by molar-refractivity contribution is 0.385. The van der Waals surface area contributed by atoms with Crippen LogP contribution in [0.2, 0.25) is 0 Å². The largest absolute Gasteiger partial charge is 0.369 e. The quantitative estimate of drug-likeness (QED) is 0.853. The summed E-state index contributed by atoms with van der Waals surface area (Å²) in [6, 6.07) is 9.95.